The highest BCUT2D eigenvalue weighted by Gasteiger charge is 2.18. The van der Waals surface area contributed by atoms with Gasteiger partial charge in [0.1, 0.15) is 5.75 Å². The molecule has 0 atom stereocenters. The zero-order valence-electron chi connectivity index (χ0n) is 13.4. The van der Waals surface area contributed by atoms with E-state index in [-0.39, 0.29) is 24.7 Å². The van der Waals surface area contributed by atoms with Gasteiger partial charge in [-0.3, -0.25) is 14.5 Å². The minimum absolute atomic E-state index is 0.0268. The predicted octanol–water partition coefficient (Wildman–Crippen LogP) is 1.49. The van der Waals surface area contributed by atoms with Crippen LogP contribution in [-0.2, 0) is 19.4 Å². The van der Waals surface area contributed by atoms with Gasteiger partial charge in [0.05, 0.1) is 12.3 Å². The highest BCUT2D eigenvalue weighted by molar-refractivity contribution is 7.92. The van der Waals surface area contributed by atoms with E-state index < -0.39 is 21.6 Å². The third-order valence-electron chi connectivity index (χ3n) is 3.10. The molecule has 7 nitrogen and oxygen atoms in total. The van der Waals surface area contributed by atoms with Gasteiger partial charge < -0.3 is 10.4 Å². The normalized spacial score (nSPS) is 11.5. The van der Waals surface area contributed by atoms with Gasteiger partial charge in [0.15, 0.2) is 9.84 Å². The van der Waals surface area contributed by atoms with Gasteiger partial charge in [-0.2, -0.15) is 0 Å². The molecule has 0 aliphatic rings. The van der Waals surface area contributed by atoms with Crippen LogP contribution in [0.25, 0.3) is 0 Å². The van der Waals surface area contributed by atoms with E-state index in [1.54, 1.807) is 29.2 Å². The molecule has 0 unspecified atom stereocenters. The van der Waals surface area contributed by atoms with Crippen LogP contribution in [0.4, 0.5) is 5.69 Å². The van der Waals surface area contributed by atoms with Gasteiger partial charge in [0.25, 0.3) is 0 Å². The lowest BCUT2D eigenvalue weighted by Crippen LogP contribution is -2.37. The van der Waals surface area contributed by atoms with Crippen LogP contribution in [0.1, 0.15) is 13.3 Å². The molecule has 1 amide bonds. The maximum Gasteiger partial charge on any atom is 0.318 e. The van der Waals surface area contributed by atoms with E-state index in [1.165, 1.54) is 0 Å². The van der Waals surface area contributed by atoms with Gasteiger partial charge >= 0.3 is 5.97 Å². The number of rotatable bonds is 10. The van der Waals surface area contributed by atoms with Crippen LogP contribution in [0.2, 0.25) is 5.02 Å². The van der Waals surface area contributed by atoms with Crippen molar-refractivity contribution < 1.29 is 23.1 Å². The minimum Gasteiger partial charge on any atom is -0.480 e. The van der Waals surface area contributed by atoms with Crippen LogP contribution in [0.3, 0.4) is 0 Å². The van der Waals surface area contributed by atoms with Gasteiger partial charge in [-0.15, -0.1) is 0 Å². The number of carbonyl (C=O) groups excluding carboxylic acids is 1. The molecule has 0 aliphatic carbocycles. The summed E-state index contributed by atoms with van der Waals surface area (Å²) in [5, 5.41) is 11.8. The number of hydrogen-bond donors (Lipinski definition) is 2. The summed E-state index contributed by atoms with van der Waals surface area (Å²) in [6.07, 6.45) is 0.743. The molecule has 2 N–H and O–H groups in total. The zero-order chi connectivity index (χ0) is 18.2. The predicted molar refractivity (Wildman–Crippen MR) is 93.1 cm³/mol. The van der Waals surface area contributed by atoms with Gasteiger partial charge in [0, 0.05) is 17.3 Å². The molecule has 1 rings (SSSR count). The lowest BCUT2D eigenvalue weighted by Gasteiger charge is -2.20. The van der Waals surface area contributed by atoms with Crippen molar-refractivity contribution in [2.75, 3.05) is 36.5 Å². The van der Waals surface area contributed by atoms with E-state index in [9.17, 15) is 18.0 Å². The lowest BCUT2D eigenvalue weighted by atomic mass is 10.3. The van der Waals surface area contributed by atoms with Crippen LogP contribution in [0.5, 0.6) is 0 Å². The lowest BCUT2D eigenvalue weighted by molar-refractivity contribution is -0.134. The number of nitrogens with one attached hydrogen (secondary N) is 1. The Labute approximate surface area is 146 Å². The molecular weight excluding hydrogens is 356 g/mol. The number of aliphatic carboxylic acids is 1. The van der Waals surface area contributed by atoms with Crippen LogP contribution in [0.15, 0.2) is 24.3 Å². The number of carbonyl (C=O) groups is 2. The third-order valence-corrected chi connectivity index (χ3v) is 4.84. The maximum atomic E-state index is 12.1. The van der Waals surface area contributed by atoms with Crippen molar-refractivity contribution in [3.63, 3.8) is 0 Å². The summed E-state index contributed by atoms with van der Waals surface area (Å²) in [6.45, 7) is 2.59. The fourth-order valence-corrected chi connectivity index (χ4v) is 3.23. The molecular formula is C15H21ClN2O5S. The number of nitrogens with zero attached hydrogens (tertiary/aromatic N) is 1. The smallest absolute Gasteiger partial charge is 0.318 e. The van der Waals surface area contributed by atoms with Crippen LogP contribution in [-0.4, -0.2) is 61.4 Å². The Morgan fingerprint density at radius 2 is 1.83 bits per heavy atom. The fraction of sp³-hybridized carbons (Fsp3) is 0.467. The second-order valence-electron chi connectivity index (χ2n) is 5.32. The van der Waals surface area contributed by atoms with Gasteiger partial charge in [0.2, 0.25) is 5.91 Å². The van der Waals surface area contributed by atoms with Gasteiger partial charge in [-0.25, -0.2) is 8.42 Å². The molecule has 1 aromatic rings. The largest absolute Gasteiger partial charge is 0.480 e. The number of carboxylic acid groups (broad SMARTS) is 1. The van der Waals surface area contributed by atoms with Crippen molar-refractivity contribution in [2.24, 2.45) is 0 Å². The molecule has 1 aromatic carbocycles. The first-order chi connectivity index (χ1) is 11.2. The Balaban J connectivity index is 2.56. The van der Waals surface area contributed by atoms with Gasteiger partial charge in [-0.1, -0.05) is 18.5 Å². The van der Waals surface area contributed by atoms with Crippen molar-refractivity contribution >= 4 is 39.0 Å². The summed E-state index contributed by atoms with van der Waals surface area (Å²) >= 11 is 5.77. The number of benzene rings is 1. The molecule has 0 aliphatic heterocycles. The highest BCUT2D eigenvalue weighted by Crippen LogP contribution is 2.13. The Bertz CT molecular complexity index is 661. The van der Waals surface area contributed by atoms with Crippen LogP contribution >= 0.6 is 11.6 Å². The SMILES string of the molecule is CCCN(CCS(=O)(=O)CC(=O)O)CC(=O)Nc1ccc(Cl)cc1. The first kappa shape index (κ1) is 20.4. The summed E-state index contributed by atoms with van der Waals surface area (Å²) in [4.78, 5) is 24.3. The Hall–Kier alpha value is -1.64. The Kier molecular flexibility index (Phi) is 8.17. The standard InChI is InChI=1S/C15H21ClN2O5S/c1-2-7-18(8-9-24(22,23)11-15(20)21)10-14(19)17-13-5-3-12(16)4-6-13/h3-6H,2,7-11H2,1H3,(H,17,19)(H,20,21). The van der Waals surface area contributed by atoms with Crippen LogP contribution in [0, 0.1) is 0 Å². The average molecular weight is 377 g/mol. The number of anilines is 1. The van der Waals surface area contributed by atoms with E-state index in [0.29, 0.717) is 17.3 Å². The number of amides is 1. The number of sulfone groups is 1. The molecule has 0 bridgehead atoms. The second kappa shape index (κ2) is 9.61. The summed E-state index contributed by atoms with van der Waals surface area (Å²) in [6, 6.07) is 6.64. The summed E-state index contributed by atoms with van der Waals surface area (Å²) in [5.74, 6) is -2.85. The maximum absolute atomic E-state index is 12.1. The molecule has 0 saturated carbocycles. The monoisotopic (exact) mass is 376 g/mol. The Morgan fingerprint density at radius 1 is 1.21 bits per heavy atom. The van der Waals surface area contributed by atoms with E-state index in [0.717, 1.165) is 6.42 Å². The second-order valence-corrected chi connectivity index (χ2v) is 7.94. The van der Waals surface area contributed by atoms with Crippen molar-refractivity contribution in [1.82, 2.24) is 4.90 Å². The molecule has 0 fully saturated rings. The third kappa shape index (κ3) is 8.28. The van der Waals surface area contributed by atoms with E-state index >= 15 is 0 Å². The summed E-state index contributed by atoms with van der Waals surface area (Å²) in [7, 11) is -3.68. The molecule has 9 heteroatoms. The fourth-order valence-electron chi connectivity index (χ4n) is 2.05. The zero-order valence-corrected chi connectivity index (χ0v) is 14.9. The summed E-state index contributed by atoms with van der Waals surface area (Å²) < 4.78 is 23.3. The molecule has 0 radical (unpaired) electrons. The Morgan fingerprint density at radius 3 is 2.38 bits per heavy atom. The van der Waals surface area contributed by atoms with E-state index in [2.05, 4.69) is 5.32 Å². The first-order valence-electron chi connectivity index (χ1n) is 7.42. The molecule has 0 heterocycles. The first-order valence-corrected chi connectivity index (χ1v) is 9.62. The van der Waals surface area contributed by atoms with E-state index in [4.69, 9.17) is 16.7 Å². The number of hydrogen-bond acceptors (Lipinski definition) is 5. The topological polar surface area (TPSA) is 104 Å². The number of carboxylic acids is 1. The molecule has 0 aromatic heterocycles. The minimum atomic E-state index is -3.68. The van der Waals surface area contributed by atoms with Crippen molar-refractivity contribution in [3.8, 4) is 0 Å². The quantitative estimate of drug-likeness (QED) is 0.641. The molecule has 0 spiro atoms. The van der Waals surface area contributed by atoms with Crippen molar-refractivity contribution in [1.29, 1.82) is 0 Å². The van der Waals surface area contributed by atoms with Crippen LogP contribution < -0.4 is 5.32 Å². The number of halogens is 1. The molecule has 24 heavy (non-hydrogen) atoms. The highest BCUT2D eigenvalue weighted by atomic mass is 35.5. The van der Waals surface area contributed by atoms with Crippen molar-refractivity contribution in [3.05, 3.63) is 29.3 Å². The van der Waals surface area contributed by atoms with E-state index in [1.807, 2.05) is 6.92 Å². The van der Waals surface area contributed by atoms with Crippen molar-refractivity contribution in [2.45, 2.75) is 13.3 Å². The summed E-state index contributed by atoms with van der Waals surface area (Å²) in [5.41, 5.74) is 0.597. The average Bonchev–Trinajstić information content (AvgIpc) is 2.46. The molecule has 0 saturated heterocycles. The van der Waals surface area contributed by atoms with Gasteiger partial charge in [-0.05, 0) is 37.2 Å². The molecule has 134 valence electrons.